The molecule has 4 rings (SSSR count). The summed E-state index contributed by atoms with van der Waals surface area (Å²) >= 11 is 0. The molecule has 0 aromatic carbocycles. The fourth-order valence-electron chi connectivity index (χ4n) is 3.48. The number of hydrogen-bond acceptors (Lipinski definition) is 5. The SMILES string of the molecule is CCc1cc(C(=O)N2CCCC(c3cc4ncccc4c(=O)[nH]3)C2)no1. The Balaban J connectivity index is 1.58. The van der Waals surface area contributed by atoms with Crippen molar-refractivity contribution in [3.63, 3.8) is 0 Å². The molecule has 4 heterocycles. The van der Waals surface area contributed by atoms with Gasteiger partial charge in [0.1, 0.15) is 5.76 Å². The second-order valence-corrected chi connectivity index (χ2v) is 6.61. The van der Waals surface area contributed by atoms with E-state index in [-0.39, 0.29) is 17.4 Å². The molecular weight excluding hydrogens is 332 g/mol. The van der Waals surface area contributed by atoms with Gasteiger partial charge in [-0.15, -0.1) is 0 Å². The van der Waals surface area contributed by atoms with E-state index in [1.54, 1.807) is 29.3 Å². The number of aromatic amines is 1. The number of carbonyl (C=O) groups is 1. The van der Waals surface area contributed by atoms with E-state index in [1.807, 2.05) is 13.0 Å². The maximum Gasteiger partial charge on any atom is 0.276 e. The molecule has 0 radical (unpaired) electrons. The number of nitrogens with one attached hydrogen (secondary N) is 1. The zero-order valence-electron chi connectivity index (χ0n) is 14.6. The Kier molecular flexibility index (Phi) is 4.28. The Morgan fingerprint density at radius 3 is 3.12 bits per heavy atom. The Hall–Kier alpha value is -2.96. The van der Waals surface area contributed by atoms with Crippen LogP contribution in [-0.2, 0) is 6.42 Å². The van der Waals surface area contributed by atoms with Crippen molar-refractivity contribution in [3.05, 3.63) is 58.0 Å². The Morgan fingerprint density at radius 1 is 1.42 bits per heavy atom. The first-order valence-electron chi connectivity index (χ1n) is 8.88. The summed E-state index contributed by atoms with van der Waals surface area (Å²) in [5.74, 6) is 0.649. The normalized spacial score (nSPS) is 17.6. The highest BCUT2D eigenvalue weighted by Gasteiger charge is 2.28. The lowest BCUT2D eigenvalue weighted by atomic mass is 9.93. The van der Waals surface area contributed by atoms with E-state index in [0.717, 1.165) is 18.5 Å². The Morgan fingerprint density at radius 2 is 2.31 bits per heavy atom. The molecule has 0 bridgehead atoms. The second-order valence-electron chi connectivity index (χ2n) is 6.61. The molecule has 3 aromatic heterocycles. The number of hydrogen-bond donors (Lipinski definition) is 1. The minimum absolute atomic E-state index is 0.0735. The minimum Gasteiger partial charge on any atom is -0.361 e. The molecule has 1 saturated heterocycles. The predicted octanol–water partition coefficient (Wildman–Crippen LogP) is 2.49. The number of aryl methyl sites for hydroxylation is 1. The van der Waals surface area contributed by atoms with Gasteiger partial charge in [-0.3, -0.25) is 14.6 Å². The molecule has 1 N–H and O–H groups in total. The van der Waals surface area contributed by atoms with Gasteiger partial charge in [0.2, 0.25) is 0 Å². The van der Waals surface area contributed by atoms with Crippen molar-refractivity contribution in [1.82, 2.24) is 20.0 Å². The van der Waals surface area contributed by atoms with Gasteiger partial charge in [0, 0.05) is 43.4 Å². The molecule has 26 heavy (non-hydrogen) atoms. The van der Waals surface area contributed by atoms with Crippen LogP contribution >= 0.6 is 0 Å². The number of piperidine rings is 1. The number of fused-ring (bicyclic) bond motifs is 1. The van der Waals surface area contributed by atoms with Gasteiger partial charge < -0.3 is 14.4 Å². The van der Waals surface area contributed by atoms with Gasteiger partial charge in [0.15, 0.2) is 5.69 Å². The molecule has 1 aliphatic heterocycles. The monoisotopic (exact) mass is 352 g/mol. The predicted molar refractivity (Wildman–Crippen MR) is 96.1 cm³/mol. The van der Waals surface area contributed by atoms with Gasteiger partial charge in [-0.05, 0) is 31.0 Å². The molecule has 1 unspecified atom stereocenters. The highest BCUT2D eigenvalue weighted by molar-refractivity contribution is 5.92. The number of amides is 1. The van der Waals surface area contributed by atoms with Crippen molar-refractivity contribution in [1.29, 1.82) is 0 Å². The molecule has 1 fully saturated rings. The van der Waals surface area contributed by atoms with Crippen LogP contribution in [0.5, 0.6) is 0 Å². The van der Waals surface area contributed by atoms with Gasteiger partial charge in [-0.2, -0.15) is 0 Å². The summed E-state index contributed by atoms with van der Waals surface area (Å²) in [6.45, 7) is 3.18. The highest BCUT2D eigenvalue weighted by Crippen LogP contribution is 2.27. The number of pyridine rings is 2. The summed E-state index contributed by atoms with van der Waals surface area (Å²) in [5.41, 5.74) is 1.71. The Labute approximate surface area is 150 Å². The molecular formula is C19H20N4O3. The number of aromatic nitrogens is 3. The van der Waals surface area contributed by atoms with Gasteiger partial charge in [0.25, 0.3) is 11.5 Å². The first-order chi connectivity index (χ1) is 12.7. The third-order valence-corrected chi connectivity index (χ3v) is 4.91. The topological polar surface area (TPSA) is 92.1 Å². The van der Waals surface area contributed by atoms with Crippen LogP contribution in [0.1, 0.15) is 47.6 Å². The van der Waals surface area contributed by atoms with Gasteiger partial charge in [0.05, 0.1) is 10.9 Å². The molecule has 1 atom stereocenters. The van der Waals surface area contributed by atoms with Crippen LogP contribution in [0.4, 0.5) is 0 Å². The third kappa shape index (κ3) is 3.00. The highest BCUT2D eigenvalue weighted by atomic mass is 16.5. The van der Waals surface area contributed by atoms with Crippen LogP contribution in [0.3, 0.4) is 0 Å². The molecule has 7 heteroatoms. The summed E-state index contributed by atoms with van der Waals surface area (Å²) < 4.78 is 5.15. The zero-order chi connectivity index (χ0) is 18.1. The lowest BCUT2D eigenvalue weighted by Crippen LogP contribution is -2.39. The van der Waals surface area contributed by atoms with Crippen LogP contribution in [0.2, 0.25) is 0 Å². The van der Waals surface area contributed by atoms with E-state index in [2.05, 4.69) is 15.1 Å². The number of rotatable bonds is 3. The maximum atomic E-state index is 12.7. The van der Waals surface area contributed by atoms with E-state index in [4.69, 9.17) is 4.52 Å². The van der Waals surface area contributed by atoms with Crippen LogP contribution < -0.4 is 5.56 Å². The number of carbonyl (C=O) groups excluding carboxylic acids is 1. The molecule has 0 aliphatic carbocycles. The minimum atomic E-state index is -0.141. The zero-order valence-corrected chi connectivity index (χ0v) is 14.6. The van der Waals surface area contributed by atoms with Crippen molar-refractivity contribution in [2.45, 2.75) is 32.1 Å². The van der Waals surface area contributed by atoms with Crippen molar-refractivity contribution >= 4 is 16.8 Å². The summed E-state index contributed by atoms with van der Waals surface area (Å²) in [6, 6.07) is 7.13. The molecule has 1 aliphatic rings. The van der Waals surface area contributed by atoms with Crippen LogP contribution in [-0.4, -0.2) is 39.0 Å². The van der Waals surface area contributed by atoms with Crippen LogP contribution in [0.25, 0.3) is 10.9 Å². The average Bonchev–Trinajstić information content (AvgIpc) is 3.17. The number of nitrogens with zero attached hydrogens (tertiary/aromatic N) is 3. The molecule has 0 spiro atoms. The lowest BCUT2D eigenvalue weighted by Gasteiger charge is -2.32. The fraction of sp³-hybridized carbons (Fsp3) is 0.368. The van der Waals surface area contributed by atoms with Crippen molar-refractivity contribution in [3.8, 4) is 0 Å². The van der Waals surface area contributed by atoms with E-state index in [0.29, 0.717) is 41.9 Å². The largest absolute Gasteiger partial charge is 0.361 e. The van der Waals surface area contributed by atoms with E-state index < -0.39 is 0 Å². The number of likely N-dealkylation sites (tertiary alicyclic amines) is 1. The van der Waals surface area contributed by atoms with E-state index >= 15 is 0 Å². The van der Waals surface area contributed by atoms with Gasteiger partial charge in [-0.25, -0.2) is 0 Å². The summed E-state index contributed by atoms with van der Waals surface area (Å²) in [5, 5.41) is 4.46. The molecule has 7 nitrogen and oxygen atoms in total. The average molecular weight is 352 g/mol. The first kappa shape index (κ1) is 16.5. The van der Waals surface area contributed by atoms with E-state index in [1.165, 1.54) is 0 Å². The van der Waals surface area contributed by atoms with Gasteiger partial charge >= 0.3 is 0 Å². The quantitative estimate of drug-likeness (QED) is 0.782. The van der Waals surface area contributed by atoms with E-state index in [9.17, 15) is 9.59 Å². The van der Waals surface area contributed by atoms with Crippen molar-refractivity contribution < 1.29 is 9.32 Å². The van der Waals surface area contributed by atoms with Crippen molar-refractivity contribution in [2.24, 2.45) is 0 Å². The molecule has 134 valence electrons. The summed E-state index contributed by atoms with van der Waals surface area (Å²) in [7, 11) is 0. The van der Waals surface area contributed by atoms with Gasteiger partial charge in [-0.1, -0.05) is 12.1 Å². The summed E-state index contributed by atoms with van der Waals surface area (Å²) in [6.07, 6.45) is 4.17. The van der Waals surface area contributed by atoms with Crippen molar-refractivity contribution in [2.75, 3.05) is 13.1 Å². The fourth-order valence-corrected chi connectivity index (χ4v) is 3.48. The lowest BCUT2D eigenvalue weighted by molar-refractivity contribution is 0.0695. The third-order valence-electron chi connectivity index (χ3n) is 4.91. The van der Waals surface area contributed by atoms with Crippen LogP contribution in [0, 0.1) is 0 Å². The molecule has 0 saturated carbocycles. The smallest absolute Gasteiger partial charge is 0.276 e. The number of H-pyrrole nitrogens is 1. The molecule has 1 amide bonds. The second kappa shape index (κ2) is 6.74. The standard InChI is InChI=1S/C19H20N4O3/c1-2-13-9-17(22-26-13)19(25)23-8-4-5-12(11-23)15-10-16-14(18(24)21-15)6-3-7-20-16/h3,6-7,9-10,12H,2,4-5,8,11H2,1H3,(H,21,24). The first-order valence-corrected chi connectivity index (χ1v) is 8.88. The molecule has 3 aromatic rings. The Bertz CT molecular complexity index is 1010. The summed E-state index contributed by atoms with van der Waals surface area (Å²) in [4.78, 5) is 34.1. The van der Waals surface area contributed by atoms with Crippen LogP contribution in [0.15, 0.2) is 39.8 Å². The maximum absolute atomic E-state index is 12.7.